The Morgan fingerprint density at radius 1 is 1.50 bits per heavy atom. The molecule has 0 aliphatic heterocycles. The van der Waals surface area contributed by atoms with E-state index in [0.717, 1.165) is 0 Å². The van der Waals surface area contributed by atoms with Crippen molar-refractivity contribution < 1.29 is 19.6 Å². The van der Waals surface area contributed by atoms with Gasteiger partial charge in [-0.1, -0.05) is 6.07 Å². The number of carbonyl (C=O) groups is 1. The van der Waals surface area contributed by atoms with Gasteiger partial charge in [-0.3, -0.25) is 10.1 Å². The van der Waals surface area contributed by atoms with Gasteiger partial charge in [0, 0.05) is 11.1 Å². The SMILES string of the molecule is CCOC(=O)c1[nH]c2ccc(C)c([N+](=O)[O-])c2c1CO. The molecule has 2 rings (SSSR count). The molecule has 0 fully saturated rings. The number of hydrogen-bond acceptors (Lipinski definition) is 5. The van der Waals surface area contributed by atoms with Crippen LogP contribution in [0.15, 0.2) is 12.1 Å². The molecule has 1 heterocycles. The van der Waals surface area contributed by atoms with Gasteiger partial charge in [-0.15, -0.1) is 0 Å². The maximum atomic E-state index is 11.8. The second-order valence-electron chi connectivity index (χ2n) is 4.27. The van der Waals surface area contributed by atoms with Crippen molar-refractivity contribution in [3.63, 3.8) is 0 Å². The van der Waals surface area contributed by atoms with Crippen LogP contribution in [0.4, 0.5) is 5.69 Å². The number of H-pyrrole nitrogens is 1. The minimum Gasteiger partial charge on any atom is -0.461 e. The molecule has 0 amide bonds. The molecule has 1 aromatic carbocycles. The van der Waals surface area contributed by atoms with Crippen LogP contribution in [0.3, 0.4) is 0 Å². The Morgan fingerprint density at radius 2 is 2.20 bits per heavy atom. The van der Waals surface area contributed by atoms with E-state index in [1.165, 1.54) is 0 Å². The molecular formula is C13H14N2O5. The highest BCUT2D eigenvalue weighted by molar-refractivity contribution is 6.02. The van der Waals surface area contributed by atoms with Crippen molar-refractivity contribution in [2.24, 2.45) is 0 Å². The Labute approximate surface area is 114 Å². The highest BCUT2D eigenvalue weighted by atomic mass is 16.6. The van der Waals surface area contributed by atoms with Gasteiger partial charge in [-0.2, -0.15) is 0 Å². The van der Waals surface area contributed by atoms with E-state index < -0.39 is 17.5 Å². The van der Waals surface area contributed by atoms with Crippen molar-refractivity contribution >= 4 is 22.6 Å². The predicted molar refractivity (Wildman–Crippen MR) is 71.6 cm³/mol. The van der Waals surface area contributed by atoms with E-state index in [-0.39, 0.29) is 28.9 Å². The number of nitro benzene ring substituents is 1. The number of fused-ring (bicyclic) bond motifs is 1. The first-order chi connectivity index (χ1) is 9.51. The summed E-state index contributed by atoms with van der Waals surface area (Å²) in [5, 5.41) is 20.9. The van der Waals surface area contributed by atoms with Crippen molar-refractivity contribution in [1.29, 1.82) is 0 Å². The van der Waals surface area contributed by atoms with Crippen molar-refractivity contribution in [1.82, 2.24) is 4.98 Å². The maximum Gasteiger partial charge on any atom is 0.355 e. The monoisotopic (exact) mass is 278 g/mol. The molecule has 7 heteroatoms. The molecule has 0 saturated heterocycles. The highest BCUT2D eigenvalue weighted by Gasteiger charge is 2.26. The molecule has 0 aliphatic carbocycles. The molecule has 0 saturated carbocycles. The van der Waals surface area contributed by atoms with Gasteiger partial charge >= 0.3 is 5.97 Å². The first-order valence-corrected chi connectivity index (χ1v) is 6.07. The van der Waals surface area contributed by atoms with Gasteiger partial charge in [-0.25, -0.2) is 4.79 Å². The summed E-state index contributed by atoms with van der Waals surface area (Å²) in [6, 6.07) is 3.23. The number of rotatable bonds is 4. The summed E-state index contributed by atoms with van der Waals surface area (Å²) >= 11 is 0. The van der Waals surface area contributed by atoms with E-state index in [1.54, 1.807) is 26.0 Å². The zero-order chi connectivity index (χ0) is 14.9. The number of nitro groups is 1. The Bertz CT molecular complexity index is 690. The zero-order valence-corrected chi connectivity index (χ0v) is 11.1. The van der Waals surface area contributed by atoms with Gasteiger partial charge in [-0.05, 0) is 19.9 Å². The fraction of sp³-hybridized carbons (Fsp3) is 0.308. The summed E-state index contributed by atoms with van der Waals surface area (Å²) in [7, 11) is 0. The Hall–Kier alpha value is -2.41. The lowest BCUT2D eigenvalue weighted by Gasteiger charge is -2.02. The molecule has 1 aromatic heterocycles. The average Bonchev–Trinajstić information content (AvgIpc) is 2.76. The number of nitrogens with one attached hydrogen (secondary N) is 1. The molecular weight excluding hydrogens is 264 g/mol. The van der Waals surface area contributed by atoms with Crippen LogP contribution >= 0.6 is 0 Å². The van der Waals surface area contributed by atoms with Crippen molar-refractivity contribution in [2.45, 2.75) is 20.5 Å². The number of aromatic amines is 1. The van der Waals surface area contributed by atoms with Crippen LogP contribution in [0.25, 0.3) is 10.9 Å². The largest absolute Gasteiger partial charge is 0.461 e. The van der Waals surface area contributed by atoms with E-state index in [4.69, 9.17) is 4.74 Å². The van der Waals surface area contributed by atoms with Crippen molar-refractivity contribution in [3.05, 3.63) is 39.1 Å². The number of aliphatic hydroxyl groups excluding tert-OH is 1. The quantitative estimate of drug-likeness (QED) is 0.506. The molecule has 0 radical (unpaired) electrons. The molecule has 0 spiro atoms. The number of hydrogen-bond donors (Lipinski definition) is 2. The summed E-state index contributed by atoms with van der Waals surface area (Å²) in [4.78, 5) is 25.3. The van der Waals surface area contributed by atoms with Crippen molar-refractivity contribution in [3.8, 4) is 0 Å². The van der Waals surface area contributed by atoms with Gasteiger partial charge in [0.15, 0.2) is 0 Å². The van der Waals surface area contributed by atoms with Gasteiger partial charge in [0.2, 0.25) is 0 Å². The van der Waals surface area contributed by atoms with E-state index in [9.17, 15) is 20.0 Å². The van der Waals surface area contributed by atoms with Crippen LogP contribution in [-0.2, 0) is 11.3 Å². The Kier molecular flexibility index (Phi) is 3.71. The summed E-state index contributed by atoms with van der Waals surface area (Å²) in [6.07, 6.45) is 0. The van der Waals surface area contributed by atoms with Gasteiger partial charge in [0.1, 0.15) is 5.69 Å². The fourth-order valence-electron chi connectivity index (χ4n) is 2.21. The van der Waals surface area contributed by atoms with Crippen LogP contribution in [0, 0.1) is 17.0 Å². The maximum absolute atomic E-state index is 11.8. The van der Waals surface area contributed by atoms with Crippen LogP contribution in [0.1, 0.15) is 28.5 Å². The summed E-state index contributed by atoms with van der Waals surface area (Å²) in [6.45, 7) is 2.96. The van der Waals surface area contributed by atoms with Crippen LogP contribution in [-0.4, -0.2) is 27.6 Å². The van der Waals surface area contributed by atoms with Gasteiger partial charge in [0.05, 0.1) is 29.0 Å². The molecule has 106 valence electrons. The molecule has 0 aliphatic rings. The molecule has 7 nitrogen and oxygen atoms in total. The smallest absolute Gasteiger partial charge is 0.355 e. The highest BCUT2D eigenvalue weighted by Crippen LogP contribution is 2.34. The molecule has 2 N–H and O–H groups in total. The number of benzene rings is 1. The zero-order valence-electron chi connectivity index (χ0n) is 11.1. The number of aromatic nitrogens is 1. The Balaban J connectivity index is 2.79. The summed E-state index contributed by atoms with van der Waals surface area (Å²) in [5.41, 5.74) is 1.02. The van der Waals surface area contributed by atoms with Gasteiger partial charge in [0.25, 0.3) is 5.69 Å². The average molecular weight is 278 g/mol. The first-order valence-electron chi connectivity index (χ1n) is 6.07. The topological polar surface area (TPSA) is 105 Å². The third-order valence-corrected chi connectivity index (χ3v) is 3.06. The van der Waals surface area contributed by atoms with Gasteiger partial charge < -0.3 is 14.8 Å². The first kappa shape index (κ1) is 14.0. The summed E-state index contributed by atoms with van der Waals surface area (Å²) in [5.74, 6) is -0.639. The fourth-order valence-corrected chi connectivity index (χ4v) is 2.21. The Morgan fingerprint density at radius 3 is 2.75 bits per heavy atom. The minimum atomic E-state index is -0.639. The molecule has 0 bridgehead atoms. The summed E-state index contributed by atoms with van der Waals surface area (Å²) < 4.78 is 4.88. The van der Waals surface area contributed by atoms with E-state index >= 15 is 0 Å². The number of esters is 1. The number of aliphatic hydroxyl groups is 1. The minimum absolute atomic E-state index is 0.0538. The number of ether oxygens (including phenoxy) is 1. The second-order valence-corrected chi connectivity index (χ2v) is 4.27. The third-order valence-electron chi connectivity index (χ3n) is 3.06. The standard InChI is InChI=1S/C13H14N2O5/c1-3-20-13(17)11-8(6-16)10-9(14-11)5-4-7(2)12(10)15(18)19/h4-5,14,16H,3,6H2,1-2H3. The van der Waals surface area contributed by atoms with Crippen LogP contribution in [0.5, 0.6) is 0 Å². The molecule has 0 atom stereocenters. The molecule has 2 aromatic rings. The molecule has 20 heavy (non-hydrogen) atoms. The molecule has 0 unspecified atom stereocenters. The normalized spacial score (nSPS) is 10.8. The number of aryl methyl sites for hydroxylation is 1. The van der Waals surface area contributed by atoms with E-state index in [1.807, 2.05) is 0 Å². The van der Waals surface area contributed by atoms with E-state index in [0.29, 0.717) is 11.1 Å². The number of carbonyl (C=O) groups excluding carboxylic acids is 1. The van der Waals surface area contributed by atoms with E-state index in [2.05, 4.69) is 4.98 Å². The number of nitrogens with zero attached hydrogens (tertiary/aromatic N) is 1. The lowest BCUT2D eigenvalue weighted by Crippen LogP contribution is -2.08. The lowest BCUT2D eigenvalue weighted by molar-refractivity contribution is -0.383. The van der Waals surface area contributed by atoms with Crippen molar-refractivity contribution in [2.75, 3.05) is 6.61 Å². The third kappa shape index (κ3) is 2.12. The van der Waals surface area contributed by atoms with Crippen LogP contribution < -0.4 is 0 Å². The lowest BCUT2D eigenvalue weighted by atomic mass is 10.1. The second kappa shape index (κ2) is 5.30. The predicted octanol–water partition coefficient (Wildman–Crippen LogP) is 2.05. The van der Waals surface area contributed by atoms with Crippen LogP contribution in [0.2, 0.25) is 0 Å².